The summed E-state index contributed by atoms with van der Waals surface area (Å²) in [6.07, 6.45) is 9.34. The summed E-state index contributed by atoms with van der Waals surface area (Å²) in [5.41, 5.74) is 2.01. The van der Waals surface area contributed by atoms with E-state index in [-0.39, 0.29) is 0 Å². The van der Waals surface area contributed by atoms with Crippen LogP contribution in [0.1, 0.15) is 64.9 Å². The molecule has 0 saturated heterocycles. The number of aryl methyl sites for hydroxylation is 1. The fraction of sp³-hybridized carbons (Fsp3) is 0.700. The number of rotatable bonds is 7. The summed E-state index contributed by atoms with van der Waals surface area (Å²) in [6, 6.07) is 11.6. The first-order valence-corrected chi connectivity index (χ1v) is 8.89. The second-order valence-corrected chi connectivity index (χ2v) is 7.43. The Kier molecular flexibility index (Phi) is 6.29. The van der Waals surface area contributed by atoms with Gasteiger partial charge >= 0.3 is 0 Å². The molecule has 1 nitrogen and oxygen atoms in total. The molecule has 1 N–H and O–H groups in total. The minimum absolute atomic E-state index is 0.540. The van der Waals surface area contributed by atoms with Crippen LogP contribution in [0.5, 0.6) is 0 Å². The van der Waals surface area contributed by atoms with E-state index in [1.807, 2.05) is 0 Å². The highest BCUT2D eigenvalue weighted by atomic mass is 14.9. The third kappa shape index (κ3) is 5.14. The molecule has 0 radical (unpaired) electrons. The lowest BCUT2D eigenvalue weighted by molar-refractivity contribution is 0.137. The van der Waals surface area contributed by atoms with Gasteiger partial charge in [-0.05, 0) is 62.0 Å². The molecule has 2 rings (SSSR count). The van der Waals surface area contributed by atoms with Gasteiger partial charge in [0.1, 0.15) is 0 Å². The van der Waals surface area contributed by atoms with Crippen LogP contribution in [0.3, 0.4) is 0 Å². The summed E-state index contributed by atoms with van der Waals surface area (Å²) >= 11 is 0. The highest BCUT2D eigenvalue weighted by molar-refractivity contribution is 5.14. The first kappa shape index (κ1) is 16.5. The van der Waals surface area contributed by atoms with E-state index in [1.54, 1.807) is 0 Å². The van der Waals surface area contributed by atoms with E-state index in [0.29, 0.717) is 5.41 Å². The van der Waals surface area contributed by atoms with Crippen molar-refractivity contribution in [1.82, 2.24) is 5.32 Å². The summed E-state index contributed by atoms with van der Waals surface area (Å²) in [6.45, 7) is 8.41. The fourth-order valence-electron chi connectivity index (χ4n) is 3.61. The molecule has 0 heterocycles. The van der Waals surface area contributed by atoms with E-state index in [4.69, 9.17) is 0 Å². The van der Waals surface area contributed by atoms with Crippen LogP contribution in [0, 0.1) is 11.3 Å². The standard InChI is InChI=1S/C20H33N/c1-4-20(2,3)18-12-14-19(15-13-18)21-16-8-11-17-9-6-5-7-10-17/h5-7,9-10,18-19,21H,4,8,11-16H2,1-3H3. The monoisotopic (exact) mass is 287 g/mol. The van der Waals surface area contributed by atoms with Gasteiger partial charge in [-0.15, -0.1) is 0 Å². The van der Waals surface area contributed by atoms with Crippen LogP contribution in [0.2, 0.25) is 0 Å². The number of nitrogens with one attached hydrogen (secondary N) is 1. The Bertz CT molecular complexity index is 388. The predicted octanol–water partition coefficient (Wildman–Crippen LogP) is 5.20. The SMILES string of the molecule is CCC(C)(C)C1CCC(NCCCc2ccccc2)CC1. The maximum absolute atomic E-state index is 3.78. The Morgan fingerprint density at radius 1 is 1.05 bits per heavy atom. The van der Waals surface area contributed by atoms with E-state index in [9.17, 15) is 0 Å². The second kappa shape index (κ2) is 7.98. The van der Waals surface area contributed by atoms with Crippen molar-refractivity contribution in [3.05, 3.63) is 35.9 Å². The average molecular weight is 287 g/mol. The van der Waals surface area contributed by atoms with Gasteiger partial charge in [-0.3, -0.25) is 0 Å². The summed E-state index contributed by atoms with van der Waals surface area (Å²) in [5, 5.41) is 3.78. The molecule has 1 saturated carbocycles. The third-order valence-electron chi connectivity index (χ3n) is 5.66. The van der Waals surface area contributed by atoms with Gasteiger partial charge in [0.25, 0.3) is 0 Å². The van der Waals surface area contributed by atoms with E-state index < -0.39 is 0 Å². The molecule has 0 bridgehead atoms. The molecule has 1 aromatic rings. The number of hydrogen-bond donors (Lipinski definition) is 1. The largest absolute Gasteiger partial charge is 0.314 e. The average Bonchev–Trinajstić information content (AvgIpc) is 2.53. The Hall–Kier alpha value is -0.820. The molecule has 1 heteroatoms. The molecule has 0 amide bonds. The highest BCUT2D eigenvalue weighted by Gasteiger charge is 2.31. The van der Waals surface area contributed by atoms with Crippen molar-refractivity contribution in [3.8, 4) is 0 Å². The number of benzene rings is 1. The van der Waals surface area contributed by atoms with Crippen molar-refractivity contribution in [2.75, 3.05) is 6.54 Å². The molecule has 21 heavy (non-hydrogen) atoms. The van der Waals surface area contributed by atoms with Gasteiger partial charge in [0, 0.05) is 6.04 Å². The van der Waals surface area contributed by atoms with E-state index in [1.165, 1.54) is 57.1 Å². The van der Waals surface area contributed by atoms with Crippen LogP contribution < -0.4 is 5.32 Å². The first-order valence-electron chi connectivity index (χ1n) is 8.89. The van der Waals surface area contributed by atoms with Gasteiger partial charge in [0.15, 0.2) is 0 Å². The van der Waals surface area contributed by atoms with Gasteiger partial charge in [0.2, 0.25) is 0 Å². The van der Waals surface area contributed by atoms with Gasteiger partial charge in [-0.1, -0.05) is 57.5 Å². The molecule has 1 aliphatic carbocycles. The van der Waals surface area contributed by atoms with Crippen molar-refractivity contribution in [2.24, 2.45) is 11.3 Å². The normalized spacial score (nSPS) is 23.2. The van der Waals surface area contributed by atoms with Crippen LogP contribution in [0.25, 0.3) is 0 Å². The Labute approximate surface area is 131 Å². The molecule has 0 aliphatic heterocycles. The van der Waals surface area contributed by atoms with Crippen molar-refractivity contribution in [3.63, 3.8) is 0 Å². The summed E-state index contributed by atoms with van der Waals surface area (Å²) in [5.74, 6) is 0.935. The van der Waals surface area contributed by atoms with Gasteiger partial charge < -0.3 is 5.32 Å². The van der Waals surface area contributed by atoms with Crippen LogP contribution in [-0.2, 0) is 6.42 Å². The van der Waals surface area contributed by atoms with Crippen molar-refractivity contribution < 1.29 is 0 Å². The molecular formula is C20H33N. The molecule has 0 atom stereocenters. The van der Waals surface area contributed by atoms with E-state index in [2.05, 4.69) is 56.4 Å². The van der Waals surface area contributed by atoms with Crippen LogP contribution in [-0.4, -0.2) is 12.6 Å². The lowest BCUT2D eigenvalue weighted by Gasteiger charge is -2.39. The first-order chi connectivity index (χ1) is 10.1. The molecule has 1 fully saturated rings. The summed E-state index contributed by atoms with van der Waals surface area (Å²) in [7, 11) is 0. The fourth-order valence-corrected chi connectivity index (χ4v) is 3.61. The predicted molar refractivity (Wildman–Crippen MR) is 92.6 cm³/mol. The van der Waals surface area contributed by atoms with Crippen LogP contribution >= 0.6 is 0 Å². The molecular weight excluding hydrogens is 254 g/mol. The molecule has 118 valence electrons. The molecule has 0 spiro atoms. The molecule has 1 aromatic carbocycles. The Balaban J connectivity index is 1.61. The maximum atomic E-state index is 3.78. The smallest absolute Gasteiger partial charge is 0.00672 e. The Morgan fingerprint density at radius 3 is 2.33 bits per heavy atom. The minimum atomic E-state index is 0.540. The van der Waals surface area contributed by atoms with Crippen LogP contribution in [0.15, 0.2) is 30.3 Å². The van der Waals surface area contributed by atoms with Crippen molar-refractivity contribution in [2.45, 2.75) is 71.8 Å². The summed E-state index contributed by atoms with van der Waals surface area (Å²) in [4.78, 5) is 0. The van der Waals surface area contributed by atoms with Gasteiger partial charge in [-0.25, -0.2) is 0 Å². The zero-order chi connectivity index (χ0) is 15.1. The van der Waals surface area contributed by atoms with Crippen LogP contribution in [0.4, 0.5) is 0 Å². The topological polar surface area (TPSA) is 12.0 Å². The maximum Gasteiger partial charge on any atom is 0.00672 e. The quantitative estimate of drug-likeness (QED) is 0.679. The van der Waals surface area contributed by atoms with Gasteiger partial charge in [-0.2, -0.15) is 0 Å². The zero-order valence-corrected chi connectivity index (χ0v) is 14.2. The summed E-state index contributed by atoms with van der Waals surface area (Å²) < 4.78 is 0. The lowest BCUT2D eigenvalue weighted by atomic mass is 9.69. The second-order valence-electron chi connectivity index (χ2n) is 7.43. The molecule has 0 aromatic heterocycles. The van der Waals surface area contributed by atoms with Gasteiger partial charge in [0.05, 0.1) is 0 Å². The molecule has 1 aliphatic rings. The lowest BCUT2D eigenvalue weighted by Crippen LogP contribution is -2.37. The van der Waals surface area contributed by atoms with E-state index >= 15 is 0 Å². The van der Waals surface area contributed by atoms with E-state index in [0.717, 1.165) is 12.0 Å². The zero-order valence-electron chi connectivity index (χ0n) is 14.2. The molecule has 0 unspecified atom stereocenters. The van der Waals surface area contributed by atoms with Crippen molar-refractivity contribution >= 4 is 0 Å². The highest BCUT2D eigenvalue weighted by Crippen LogP contribution is 2.40. The van der Waals surface area contributed by atoms with Crippen molar-refractivity contribution in [1.29, 1.82) is 0 Å². The number of hydrogen-bond acceptors (Lipinski definition) is 1. The third-order valence-corrected chi connectivity index (χ3v) is 5.66. The minimum Gasteiger partial charge on any atom is -0.314 e. The Morgan fingerprint density at radius 2 is 1.71 bits per heavy atom.